The summed E-state index contributed by atoms with van der Waals surface area (Å²) in [6.45, 7) is 0. The summed E-state index contributed by atoms with van der Waals surface area (Å²) in [5.41, 5.74) is 1.08. The molecule has 3 rings (SSSR count). The number of methoxy groups -OCH3 is 1. The monoisotopic (exact) mass is 431 g/mol. The zero-order valence-corrected chi connectivity index (χ0v) is 16.7. The van der Waals surface area contributed by atoms with Crippen LogP contribution in [0.3, 0.4) is 0 Å². The van der Waals surface area contributed by atoms with Gasteiger partial charge in [0.05, 0.1) is 12.0 Å². The fraction of sp³-hybridized carbons (Fsp3) is 0.0952. The van der Waals surface area contributed by atoms with Crippen LogP contribution in [-0.2, 0) is 4.74 Å². The maximum absolute atomic E-state index is 12.2. The van der Waals surface area contributed by atoms with Crippen molar-refractivity contribution in [3.8, 4) is 5.75 Å². The van der Waals surface area contributed by atoms with Crippen molar-refractivity contribution < 1.29 is 19.2 Å². The van der Waals surface area contributed by atoms with Gasteiger partial charge in [-0.25, -0.2) is 4.79 Å². The zero-order valence-electron chi connectivity index (χ0n) is 15.2. The molecule has 3 aromatic carbocycles. The number of ether oxygens (including phenoxy) is 2. The second-order valence-corrected chi connectivity index (χ2v) is 6.84. The molecule has 6 nitrogen and oxygen atoms in total. The van der Waals surface area contributed by atoms with Gasteiger partial charge in [0.25, 0.3) is 5.69 Å². The lowest BCUT2D eigenvalue weighted by molar-refractivity contribution is -0.384. The van der Waals surface area contributed by atoms with Crippen LogP contribution in [-0.4, -0.2) is 18.0 Å². The van der Waals surface area contributed by atoms with E-state index in [2.05, 4.69) is 0 Å². The molecule has 0 spiro atoms. The number of carbonyl (C=O) groups is 1. The molecule has 8 heteroatoms. The lowest BCUT2D eigenvalue weighted by Gasteiger charge is -2.22. The molecule has 0 aliphatic rings. The lowest BCUT2D eigenvalue weighted by atomic mass is 10.0. The summed E-state index contributed by atoms with van der Waals surface area (Å²) in [6.07, 6.45) is -0.689. The average molecular weight is 432 g/mol. The maximum atomic E-state index is 12.2. The fourth-order valence-corrected chi connectivity index (χ4v) is 3.13. The van der Waals surface area contributed by atoms with Crippen LogP contribution in [0.4, 0.5) is 5.69 Å². The van der Waals surface area contributed by atoms with E-state index >= 15 is 0 Å². The molecular formula is C21H15Cl2NO5. The molecule has 148 valence electrons. The molecule has 0 aliphatic carbocycles. The van der Waals surface area contributed by atoms with E-state index in [-0.39, 0.29) is 17.0 Å². The van der Waals surface area contributed by atoms with Crippen LogP contribution >= 0.6 is 23.2 Å². The molecule has 0 heterocycles. The van der Waals surface area contributed by atoms with Gasteiger partial charge in [0, 0.05) is 27.7 Å². The minimum Gasteiger partial charge on any atom is -0.480 e. The number of hydrogen-bond donors (Lipinski definition) is 0. The zero-order chi connectivity index (χ0) is 21.0. The molecule has 0 saturated carbocycles. The van der Waals surface area contributed by atoms with E-state index in [9.17, 15) is 14.9 Å². The number of halogens is 2. The van der Waals surface area contributed by atoms with E-state index in [0.717, 1.165) is 11.6 Å². The van der Waals surface area contributed by atoms with Crippen molar-refractivity contribution in [2.45, 2.75) is 6.10 Å². The Morgan fingerprint density at radius 2 is 1.72 bits per heavy atom. The number of nitro benzene ring substituents is 1. The molecule has 3 aromatic rings. The summed E-state index contributed by atoms with van der Waals surface area (Å²) in [7, 11) is 1.19. The van der Waals surface area contributed by atoms with Gasteiger partial charge in [-0.3, -0.25) is 10.1 Å². The van der Waals surface area contributed by atoms with Crippen molar-refractivity contribution in [1.29, 1.82) is 0 Å². The van der Waals surface area contributed by atoms with Crippen molar-refractivity contribution in [3.05, 3.63) is 104 Å². The van der Waals surface area contributed by atoms with E-state index in [1.165, 1.54) is 19.2 Å². The number of rotatable bonds is 6. The van der Waals surface area contributed by atoms with Crippen LogP contribution in [0.15, 0.2) is 66.7 Å². The van der Waals surface area contributed by atoms with Crippen molar-refractivity contribution in [3.63, 3.8) is 0 Å². The Hall–Kier alpha value is -3.09. The van der Waals surface area contributed by atoms with Gasteiger partial charge in [-0.05, 0) is 29.8 Å². The van der Waals surface area contributed by atoms with Gasteiger partial charge in [0.2, 0.25) is 0 Å². The Labute approximate surface area is 176 Å². The number of hydrogen-bond acceptors (Lipinski definition) is 5. The SMILES string of the molecule is COC(=O)c1cc([N+](=O)[O-])ccc1OC(c1ccc(Cl)cc1)c1ccccc1Cl. The fourth-order valence-electron chi connectivity index (χ4n) is 2.77. The first-order chi connectivity index (χ1) is 13.9. The van der Waals surface area contributed by atoms with Crippen LogP contribution in [0.25, 0.3) is 0 Å². The molecule has 0 aliphatic heterocycles. The lowest BCUT2D eigenvalue weighted by Crippen LogP contribution is -2.13. The largest absolute Gasteiger partial charge is 0.480 e. The molecule has 0 radical (unpaired) electrons. The quantitative estimate of drug-likeness (QED) is 0.277. The van der Waals surface area contributed by atoms with Gasteiger partial charge in [0.1, 0.15) is 11.3 Å². The molecule has 29 heavy (non-hydrogen) atoms. The van der Waals surface area contributed by atoms with Gasteiger partial charge < -0.3 is 9.47 Å². The number of non-ortho nitro benzene ring substituents is 1. The van der Waals surface area contributed by atoms with Crippen LogP contribution in [0.1, 0.15) is 27.6 Å². The van der Waals surface area contributed by atoms with Crippen LogP contribution in [0, 0.1) is 10.1 Å². The van der Waals surface area contributed by atoms with Crippen LogP contribution < -0.4 is 4.74 Å². The smallest absolute Gasteiger partial charge is 0.341 e. The molecule has 0 aromatic heterocycles. The molecule has 0 saturated heterocycles. The summed E-state index contributed by atoms with van der Waals surface area (Å²) in [4.78, 5) is 22.7. The second-order valence-electron chi connectivity index (χ2n) is 6.00. The molecule has 1 unspecified atom stereocenters. The number of carbonyl (C=O) groups excluding carboxylic acids is 1. The Balaban J connectivity index is 2.11. The third-order valence-corrected chi connectivity index (χ3v) is 4.78. The van der Waals surface area contributed by atoms with Crippen molar-refractivity contribution in [1.82, 2.24) is 0 Å². The molecule has 1 atom stereocenters. The topological polar surface area (TPSA) is 78.7 Å². The average Bonchev–Trinajstić information content (AvgIpc) is 2.72. The van der Waals surface area contributed by atoms with Crippen molar-refractivity contribution >= 4 is 34.9 Å². The van der Waals surface area contributed by atoms with Crippen LogP contribution in [0.2, 0.25) is 10.0 Å². The number of nitrogens with zero attached hydrogens (tertiary/aromatic N) is 1. The van der Waals surface area contributed by atoms with E-state index in [1.807, 2.05) is 6.07 Å². The number of esters is 1. The van der Waals surface area contributed by atoms with Crippen molar-refractivity contribution in [2.75, 3.05) is 7.11 Å². The van der Waals surface area contributed by atoms with E-state index in [4.69, 9.17) is 32.7 Å². The third-order valence-electron chi connectivity index (χ3n) is 4.18. The molecular weight excluding hydrogens is 417 g/mol. The molecule has 0 N–H and O–H groups in total. The summed E-state index contributed by atoms with van der Waals surface area (Å²) in [5, 5.41) is 12.1. The Morgan fingerprint density at radius 1 is 1.03 bits per heavy atom. The van der Waals surface area contributed by atoms with E-state index in [0.29, 0.717) is 15.6 Å². The second kappa shape index (κ2) is 8.94. The van der Waals surface area contributed by atoms with Gasteiger partial charge in [0.15, 0.2) is 6.10 Å². The predicted molar refractivity (Wildman–Crippen MR) is 110 cm³/mol. The Bertz CT molecular complexity index is 1050. The Morgan fingerprint density at radius 3 is 2.34 bits per heavy atom. The van der Waals surface area contributed by atoms with Crippen molar-refractivity contribution in [2.24, 2.45) is 0 Å². The summed E-state index contributed by atoms with van der Waals surface area (Å²) >= 11 is 12.4. The van der Waals surface area contributed by atoms with Gasteiger partial charge in [-0.2, -0.15) is 0 Å². The van der Waals surface area contributed by atoms with Gasteiger partial charge >= 0.3 is 5.97 Å². The highest BCUT2D eigenvalue weighted by Gasteiger charge is 2.24. The maximum Gasteiger partial charge on any atom is 0.341 e. The number of nitro groups is 1. The highest BCUT2D eigenvalue weighted by atomic mass is 35.5. The highest BCUT2D eigenvalue weighted by Crippen LogP contribution is 2.35. The Kier molecular flexibility index (Phi) is 6.36. The van der Waals surface area contributed by atoms with Gasteiger partial charge in [-0.1, -0.05) is 53.5 Å². The van der Waals surface area contributed by atoms with Gasteiger partial charge in [-0.15, -0.1) is 0 Å². The highest BCUT2D eigenvalue weighted by molar-refractivity contribution is 6.31. The summed E-state index contributed by atoms with van der Waals surface area (Å²) < 4.78 is 10.9. The standard InChI is InChI=1S/C21H15Cl2NO5/c1-28-21(25)17-12-15(24(26)27)10-11-19(17)29-20(13-6-8-14(22)9-7-13)16-4-2-3-5-18(16)23/h2-12,20H,1H3. The third kappa shape index (κ3) is 4.67. The number of benzene rings is 3. The molecule has 0 bridgehead atoms. The van der Waals surface area contributed by atoms with E-state index < -0.39 is 17.0 Å². The first-order valence-electron chi connectivity index (χ1n) is 8.44. The minimum absolute atomic E-state index is 0.0623. The predicted octanol–water partition coefficient (Wildman–Crippen LogP) is 5.86. The minimum atomic E-state index is -0.752. The molecule has 0 fully saturated rings. The summed E-state index contributed by atoms with van der Waals surface area (Å²) in [6, 6.07) is 17.8. The first kappa shape index (κ1) is 20.6. The molecule has 0 amide bonds. The summed E-state index contributed by atoms with van der Waals surface area (Å²) in [5.74, 6) is -0.625. The van der Waals surface area contributed by atoms with E-state index in [1.54, 1.807) is 42.5 Å². The van der Waals surface area contributed by atoms with Crippen LogP contribution in [0.5, 0.6) is 5.75 Å². The normalized spacial score (nSPS) is 11.6. The first-order valence-corrected chi connectivity index (χ1v) is 9.19.